The summed E-state index contributed by atoms with van der Waals surface area (Å²) in [5, 5.41) is 9.86. The lowest BCUT2D eigenvalue weighted by Crippen LogP contribution is -2.59. The molecule has 1 heterocycles. The maximum atomic E-state index is 9.86. The maximum Gasteiger partial charge on any atom is 0.115 e. The van der Waals surface area contributed by atoms with Crippen LogP contribution in [0, 0.1) is 5.92 Å². The Kier molecular flexibility index (Phi) is 5.10. The van der Waals surface area contributed by atoms with E-state index in [-0.39, 0.29) is 23.9 Å². The second-order valence-electron chi connectivity index (χ2n) is 7.11. The first-order chi connectivity index (χ1) is 9.95. The van der Waals surface area contributed by atoms with E-state index in [1.54, 1.807) is 7.11 Å². The van der Waals surface area contributed by atoms with Gasteiger partial charge in [0.25, 0.3) is 0 Å². The molecule has 0 saturated carbocycles. The van der Waals surface area contributed by atoms with Crippen LogP contribution in [0.3, 0.4) is 0 Å². The summed E-state index contributed by atoms with van der Waals surface area (Å²) in [4.78, 5) is 2.61. The molecule has 4 atom stereocenters. The number of likely N-dealkylation sites (tertiary alicyclic amines) is 1. The highest BCUT2D eigenvalue weighted by atomic mass is 35.5. The number of ether oxygens (including phenoxy) is 1. The van der Waals surface area contributed by atoms with E-state index in [0.717, 1.165) is 25.9 Å². The fourth-order valence-electron chi connectivity index (χ4n) is 4.33. The third-order valence-corrected chi connectivity index (χ3v) is 6.00. The Balaban J connectivity index is 0.00000176. The molecule has 1 fully saturated rings. The number of phenolic OH excluding ortho intramolecular Hbond substituents is 1. The van der Waals surface area contributed by atoms with Crippen molar-refractivity contribution in [3.8, 4) is 5.75 Å². The second-order valence-corrected chi connectivity index (χ2v) is 7.11. The zero-order valence-corrected chi connectivity index (χ0v) is 14.8. The molecule has 0 spiro atoms. The van der Waals surface area contributed by atoms with Gasteiger partial charge in [-0.15, -0.1) is 12.4 Å². The molecule has 1 saturated heterocycles. The summed E-state index contributed by atoms with van der Waals surface area (Å²) >= 11 is 0. The molecule has 2 unspecified atom stereocenters. The highest BCUT2D eigenvalue weighted by Gasteiger charge is 2.48. The van der Waals surface area contributed by atoms with Gasteiger partial charge in [-0.2, -0.15) is 0 Å². The van der Waals surface area contributed by atoms with Crippen molar-refractivity contribution in [1.82, 2.24) is 4.90 Å². The zero-order chi connectivity index (χ0) is 15.2. The molecule has 2 bridgehead atoms. The molecule has 124 valence electrons. The predicted molar refractivity (Wildman–Crippen MR) is 92.0 cm³/mol. The van der Waals surface area contributed by atoms with E-state index >= 15 is 0 Å². The Morgan fingerprint density at radius 2 is 2.18 bits per heavy atom. The molecule has 22 heavy (non-hydrogen) atoms. The standard InChI is InChI=1S/C18H27NO2.ClH/c1-12(21-4)11-19-8-7-18(3)13(2)17(19)9-14-5-6-15(20)10-16(14)18;/h5-6,10,12-13,17,20H,7-9,11H2,1-4H3;1H/t12?,13-,17?,18-;/m1./s1. The predicted octanol–water partition coefficient (Wildman–Crippen LogP) is 3.37. The van der Waals surface area contributed by atoms with Crippen molar-refractivity contribution in [3.05, 3.63) is 29.3 Å². The summed E-state index contributed by atoms with van der Waals surface area (Å²) in [6, 6.07) is 6.52. The van der Waals surface area contributed by atoms with Gasteiger partial charge in [0.15, 0.2) is 0 Å². The fraction of sp³-hybridized carbons (Fsp3) is 0.667. The van der Waals surface area contributed by atoms with Gasteiger partial charge in [0.2, 0.25) is 0 Å². The number of halogens is 1. The summed E-state index contributed by atoms with van der Waals surface area (Å²) in [6.45, 7) is 9.02. The number of aromatic hydroxyl groups is 1. The first-order valence-corrected chi connectivity index (χ1v) is 8.05. The molecule has 0 amide bonds. The number of rotatable bonds is 3. The second kappa shape index (κ2) is 6.38. The van der Waals surface area contributed by atoms with Crippen molar-refractivity contribution in [3.63, 3.8) is 0 Å². The molecular weight excluding hydrogens is 298 g/mol. The molecular formula is C18H28ClNO2. The summed E-state index contributed by atoms with van der Waals surface area (Å²) in [5.74, 6) is 1.00. The third-order valence-electron chi connectivity index (χ3n) is 6.00. The Morgan fingerprint density at radius 1 is 1.45 bits per heavy atom. The van der Waals surface area contributed by atoms with Crippen LogP contribution in [0.2, 0.25) is 0 Å². The Bertz CT molecular complexity index is 536. The number of phenols is 1. The largest absolute Gasteiger partial charge is 0.508 e. The van der Waals surface area contributed by atoms with Crippen LogP contribution in [0.4, 0.5) is 0 Å². The van der Waals surface area contributed by atoms with Gasteiger partial charge in [0.05, 0.1) is 6.10 Å². The average Bonchev–Trinajstić information content (AvgIpc) is 2.46. The number of fused-ring (bicyclic) bond motifs is 4. The van der Waals surface area contributed by atoms with Crippen LogP contribution < -0.4 is 0 Å². The van der Waals surface area contributed by atoms with Crippen molar-refractivity contribution in [1.29, 1.82) is 0 Å². The van der Waals surface area contributed by atoms with Crippen molar-refractivity contribution in [2.75, 3.05) is 20.2 Å². The zero-order valence-electron chi connectivity index (χ0n) is 14.0. The van der Waals surface area contributed by atoms with Gasteiger partial charge in [-0.25, -0.2) is 0 Å². The molecule has 3 rings (SSSR count). The molecule has 1 aromatic carbocycles. The highest BCUT2D eigenvalue weighted by Crippen LogP contribution is 2.49. The van der Waals surface area contributed by atoms with E-state index in [9.17, 15) is 5.11 Å². The van der Waals surface area contributed by atoms with Crippen LogP contribution in [-0.2, 0) is 16.6 Å². The number of hydrogen-bond acceptors (Lipinski definition) is 3. The van der Waals surface area contributed by atoms with Crippen molar-refractivity contribution < 1.29 is 9.84 Å². The highest BCUT2D eigenvalue weighted by molar-refractivity contribution is 5.85. The minimum atomic E-state index is 0. The number of piperidine rings is 1. The third kappa shape index (κ3) is 2.75. The lowest BCUT2D eigenvalue weighted by molar-refractivity contribution is -0.00624. The van der Waals surface area contributed by atoms with Crippen LogP contribution in [0.1, 0.15) is 38.3 Å². The molecule has 1 aromatic rings. The molecule has 4 heteroatoms. The minimum absolute atomic E-state index is 0. The van der Waals surface area contributed by atoms with E-state index in [0.29, 0.717) is 17.7 Å². The summed E-state index contributed by atoms with van der Waals surface area (Å²) in [5.41, 5.74) is 2.96. The molecule has 2 aliphatic rings. The minimum Gasteiger partial charge on any atom is -0.508 e. The van der Waals surface area contributed by atoms with Crippen LogP contribution in [-0.4, -0.2) is 42.4 Å². The number of benzene rings is 1. The lowest BCUT2D eigenvalue weighted by atomic mass is 9.59. The van der Waals surface area contributed by atoms with Crippen LogP contribution in [0.25, 0.3) is 0 Å². The fourth-order valence-corrected chi connectivity index (χ4v) is 4.33. The van der Waals surface area contributed by atoms with E-state index < -0.39 is 0 Å². The number of nitrogens with zero attached hydrogens (tertiary/aromatic N) is 1. The van der Waals surface area contributed by atoms with Crippen LogP contribution in [0.5, 0.6) is 5.75 Å². The monoisotopic (exact) mass is 325 g/mol. The van der Waals surface area contributed by atoms with E-state index in [1.807, 2.05) is 12.1 Å². The van der Waals surface area contributed by atoms with Crippen LogP contribution in [0.15, 0.2) is 18.2 Å². The van der Waals surface area contributed by atoms with Crippen molar-refractivity contribution in [2.45, 2.75) is 51.2 Å². The van der Waals surface area contributed by atoms with Gasteiger partial charge in [-0.05, 0) is 60.9 Å². The number of hydrogen-bond donors (Lipinski definition) is 1. The molecule has 0 aromatic heterocycles. The van der Waals surface area contributed by atoms with Gasteiger partial charge < -0.3 is 9.84 Å². The molecule has 0 radical (unpaired) electrons. The summed E-state index contributed by atoms with van der Waals surface area (Å²) in [6.07, 6.45) is 2.52. The van der Waals surface area contributed by atoms with Crippen LogP contribution >= 0.6 is 12.4 Å². The Labute approximate surface area is 140 Å². The molecule has 3 nitrogen and oxygen atoms in total. The summed E-state index contributed by atoms with van der Waals surface area (Å²) < 4.78 is 5.46. The first kappa shape index (κ1) is 17.6. The topological polar surface area (TPSA) is 32.7 Å². The lowest BCUT2D eigenvalue weighted by Gasteiger charge is -2.55. The van der Waals surface area contributed by atoms with Gasteiger partial charge >= 0.3 is 0 Å². The van der Waals surface area contributed by atoms with Gasteiger partial charge in [-0.1, -0.05) is 19.9 Å². The first-order valence-electron chi connectivity index (χ1n) is 8.05. The summed E-state index contributed by atoms with van der Waals surface area (Å²) in [7, 11) is 1.79. The van der Waals surface area contributed by atoms with E-state index in [4.69, 9.17) is 4.74 Å². The van der Waals surface area contributed by atoms with Gasteiger partial charge in [-0.3, -0.25) is 4.90 Å². The number of methoxy groups -OCH3 is 1. The normalized spacial score (nSPS) is 32.0. The van der Waals surface area contributed by atoms with Gasteiger partial charge in [0, 0.05) is 19.7 Å². The molecule has 1 N–H and O–H groups in total. The van der Waals surface area contributed by atoms with Crippen molar-refractivity contribution >= 4 is 12.4 Å². The smallest absolute Gasteiger partial charge is 0.115 e. The van der Waals surface area contributed by atoms with Crippen molar-refractivity contribution in [2.24, 2.45) is 5.92 Å². The van der Waals surface area contributed by atoms with E-state index in [2.05, 4.69) is 31.7 Å². The molecule has 1 aliphatic carbocycles. The molecule has 1 aliphatic heterocycles. The van der Waals surface area contributed by atoms with Gasteiger partial charge in [0.1, 0.15) is 5.75 Å². The average molecular weight is 326 g/mol. The quantitative estimate of drug-likeness (QED) is 0.924. The SMILES string of the molecule is COC(C)CN1CC[C@@]2(C)c3cc(O)ccc3CC1[C@H]2C.Cl. The Hall–Kier alpha value is -0.770. The Morgan fingerprint density at radius 3 is 2.86 bits per heavy atom. The maximum absolute atomic E-state index is 9.86. The van der Waals surface area contributed by atoms with E-state index in [1.165, 1.54) is 11.1 Å².